The fraction of sp³-hybridized carbons (Fsp3) is 0.562. The zero-order valence-electron chi connectivity index (χ0n) is 12.4. The van der Waals surface area contributed by atoms with Crippen LogP contribution in [0.4, 0.5) is 0 Å². The average molecular weight is 312 g/mol. The number of phenolic OH excluding ortho intramolecular Hbond substituents is 1. The normalized spacial score (nSPS) is 20.0. The molecule has 1 fully saturated rings. The Morgan fingerprint density at radius 1 is 1.29 bits per heavy atom. The highest BCUT2D eigenvalue weighted by Crippen LogP contribution is 2.39. The molecule has 0 spiro atoms. The molecule has 0 saturated heterocycles. The number of carbonyl (C=O) groups excluding carboxylic acids is 1. The van der Waals surface area contributed by atoms with Gasteiger partial charge in [0, 0.05) is 12.1 Å². The molecular formula is C16H22ClNO3. The Bertz CT molecular complexity index is 532. The quantitative estimate of drug-likeness (QED) is 0.803. The first-order valence-electron chi connectivity index (χ1n) is 7.20. The molecule has 5 heteroatoms. The molecule has 1 amide bonds. The molecule has 0 atom stereocenters. The summed E-state index contributed by atoms with van der Waals surface area (Å²) in [6, 6.07) is 4.31. The van der Waals surface area contributed by atoms with Crippen molar-refractivity contribution in [3.63, 3.8) is 0 Å². The van der Waals surface area contributed by atoms with Crippen LogP contribution < -0.4 is 5.32 Å². The van der Waals surface area contributed by atoms with Crippen molar-refractivity contribution in [1.82, 2.24) is 5.32 Å². The summed E-state index contributed by atoms with van der Waals surface area (Å²) < 4.78 is 0. The highest BCUT2D eigenvalue weighted by Gasteiger charge is 2.36. The van der Waals surface area contributed by atoms with E-state index >= 15 is 0 Å². The van der Waals surface area contributed by atoms with E-state index in [0.29, 0.717) is 18.4 Å². The minimum absolute atomic E-state index is 0.0543. The molecule has 0 radical (unpaired) electrons. The summed E-state index contributed by atoms with van der Waals surface area (Å²) >= 11 is 5.79. The first-order chi connectivity index (χ1) is 9.71. The molecule has 1 aliphatic rings. The van der Waals surface area contributed by atoms with Crippen LogP contribution in [0.2, 0.25) is 5.02 Å². The number of rotatable bonds is 3. The van der Waals surface area contributed by atoms with Gasteiger partial charge in [0.1, 0.15) is 5.75 Å². The second-order valence-electron chi connectivity index (χ2n) is 6.74. The third-order valence-electron chi connectivity index (χ3n) is 4.32. The number of nitrogens with one attached hydrogen (secondary N) is 1. The second kappa shape index (κ2) is 5.85. The Hall–Kier alpha value is -1.26. The molecule has 2 rings (SSSR count). The van der Waals surface area contributed by atoms with Gasteiger partial charge >= 0.3 is 0 Å². The zero-order valence-corrected chi connectivity index (χ0v) is 13.2. The van der Waals surface area contributed by atoms with E-state index in [1.807, 2.05) is 0 Å². The van der Waals surface area contributed by atoms with E-state index < -0.39 is 5.60 Å². The topological polar surface area (TPSA) is 69.6 Å². The smallest absolute Gasteiger partial charge is 0.251 e. The molecule has 0 aromatic heterocycles. The first kappa shape index (κ1) is 16.1. The van der Waals surface area contributed by atoms with E-state index in [-0.39, 0.29) is 28.6 Å². The fourth-order valence-electron chi connectivity index (χ4n) is 2.56. The lowest BCUT2D eigenvalue weighted by molar-refractivity contribution is -0.0233. The average Bonchev–Trinajstić information content (AvgIpc) is 2.43. The lowest BCUT2D eigenvalue weighted by Gasteiger charge is -2.40. The summed E-state index contributed by atoms with van der Waals surface area (Å²) in [6.45, 7) is 4.63. The number of halogens is 1. The zero-order chi connectivity index (χ0) is 15.7. The lowest BCUT2D eigenvalue weighted by Crippen LogP contribution is -2.46. The van der Waals surface area contributed by atoms with E-state index in [1.165, 1.54) is 18.2 Å². The number of benzene rings is 1. The minimum atomic E-state index is -0.827. The van der Waals surface area contributed by atoms with Crippen LogP contribution in [0.25, 0.3) is 0 Å². The second-order valence-corrected chi connectivity index (χ2v) is 7.14. The van der Waals surface area contributed by atoms with Crippen molar-refractivity contribution in [3.05, 3.63) is 28.8 Å². The van der Waals surface area contributed by atoms with Crippen molar-refractivity contribution in [3.8, 4) is 5.75 Å². The molecule has 1 saturated carbocycles. The Morgan fingerprint density at radius 2 is 1.90 bits per heavy atom. The summed E-state index contributed by atoms with van der Waals surface area (Å²) in [6.07, 6.45) is 3.28. The standard InChI is InChI=1S/C16H22ClNO3/c1-15(2)5-7-16(21,8-6-15)10-18-14(20)11-3-4-13(19)12(17)9-11/h3-4,9,19,21H,5-8,10H2,1-2H3,(H,18,20). The number of hydrogen-bond acceptors (Lipinski definition) is 3. The third-order valence-corrected chi connectivity index (χ3v) is 4.62. The molecule has 1 aliphatic carbocycles. The molecular weight excluding hydrogens is 290 g/mol. The van der Waals surface area contributed by atoms with E-state index in [2.05, 4.69) is 19.2 Å². The molecule has 1 aromatic carbocycles. The highest BCUT2D eigenvalue weighted by molar-refractivity contribution is 6.32. The van der Waals surface area contributed by atoms with Gasteiger partial charge in [0.25, 0.3) is 5.91 Å². The van der Waals surface area contributed by atoms with Gasteiger partial charge in [0.05, 0.1) is 10.6 Å². The Morgan fingerprint density at radius 3 is 2.48 bits per heavy atom. The van der Waals surface area contributed by atoms with Gasteiger partial charge in [-0.1, -0.05) is 25.4 Å². The van der Waals surface area contributed by atoms with Crippen molar-refractivity contribution < 1.29 is 15.0 Å². The van der Waals surface area contributed by atoms with Gasteiger partial charge in [-0.2, -0.15) is 0 Å². The number of aliphatic hydroxyl groups is 1. The summed E-state index contributed by atoms with van der Waals surface area (Å²) in [5, 5.41) is 22.8. The number of phenols is 1. The highest BCUT2D eigenvalue weighted by atomic mass is 35.5. The molecule has 0 heterocycles. The third kappa shape index (κ3) is 4.11. The monoisotopic (exact) mass is 311 g/mol. The van der Waals surface area contributed by atoms with Crippen LogP contribution in [0.1, 0.15) is 49.9 Å². The van der Waals surface area contributed by atoms with Gasteiger partial charge in [-0.15, -0.1) is 0 Å². The summed E-state index contributed by atoms with van der Waals surface area (Å²) in [7, 11) is 0. The van der Waals surface area contributed by atoms with E-state index in [9.17, 15) is 15.0 Å². The van der Waals surface area contributed by atoms with Gasteiger partial charge in [-0.05, 0) is 49.3 Å². The molecule has 116 valence electrons. The molecule has 1 aromatic rings. The van der Waals surface area contributed by atoms with Crippen molar-refractivity contribution >= 4 is 17.5 Å². The molecule has 0 bridgehead atoms. The molecule has 4 nitrogen and oxygen atoms in total. The lowest BCUT2D eigenvalue weighted by atomic mass is 9.71. The predicted molar refractivity (Wildman–Crippen MR) is 82.6 cm³/mol. The van der Waals surface area contributed by atoms with Crippen molar-refractivity contribution in [2.75, 3.05) is 6.54 Å². The van der Waals surface area contributed by atoms with Crippen LogP contribution in [0.5, 0.6) is 5.75 Å². The van der Waals surface area contributed by atoms with Crippen LogP contribution in [0.15, 0.2) is 18.2 Å². The summed E-state index contributed by atoms with van der Waals surface area (Å²) in [5.74, 6) is -0.350. The van der Waals surface area contributed by atoms with Crippen molar-refractivity contribution in [2.24, 2.45) is 5.41 Å². The van der Waals surface area contributed by atoms with E-state index in [4.69, 9.17) is 11.6 Å². The van der Waals surface area contributed by atoms with Gasteiger partial charge in [0.15, 0.2) is 0 Å². The van der Waals surface area contributed by atoms with Crippen LogP contribution in [0, 0.1) is 5.41 Å². The molecule has 3 N–H and O–H groups in total. The maximum Gasteiger partial charge on any atom is 0.251 e. The fourth-order valence-corrected chi connectivity index (χ4v) is 2.74. The molecule has 21 heavy (non-hydrogen) atoms. The molecule has 0 aliphatic heterocycles. The van der Waals surface area contributed by atoms with Crippen LogP contribution in [0.3, 0.4) is 0 Å². The van der Waals surface area contributed by atoms with Crippen molar-refractivity contribution in [2.45, 2.75) is 45.1 Å². The van der Waals surface area contributed by atoms with Gasteiger partial charge in [-0.25, -0.2) is 0 Å². The largest absolute Gasteiger partial charge is 0.506 e. The van der Waals surface area contributed by atoms with Crippen molar-refractivity contribution in [1.29, 1.82) is 0 Å². The van der Waals surface area contributed by atoms with Gasteiger partial charge in [0.2, 0.25) is 0 Å². The Labute approximate surface area is 130 Å². The number of amides is 1. The Kier molecular flexibility index (Phi) is 4.49. The van der Waals surface area contributed by atoms with E-state index in [0.717, 1.165) is 12.8 Å². The summed E-state index contributed by atoms with van der Waals surface area (Å²) in [4.78, 5) is 12.1. The Balaban J connectivity index is 1.93. The van der Waals surface area contributed by atoms with Crippen LogP contribution in [-0.4, -0.2) is 28.3 Å². The number of carbonyl (C=O) groups is 1. The van der Waals surface area contributed by atoms with Gasteiger partial charge < -0.3 is 15.5 Å². The predicted octanol–water partition coefficient (Wildman–Crippen LogP) is 3.11. The first-order valence-corrected chi connectivity index (χ1v) is 7.58. The minimum Gasteiger partial charge on any atom is -0.506 e. The number of hydrogen-bond donors (Lipinski definition) is 3. The van der Waals surface area contributed by atoms with Crippen LogP contribution >= 0.6 is 11.6 Å². The van der Waals surface area contributed by atoms with E-state index in [1.54, 1.807) is 0 Å². The number of aromatic hydroxyl groups is 1. The van der Waals surface area contributed by atoms with Gasteiger partial charge in [-0.3, -0.25) is 4.79 Å². The maximum absolute atomic E-state index is 12.1. The molecule has 0 unspecified atom stereocenters. The van der Waals surface area contributed by atoms with Crippen LogP contribution in [-0.2, 0) is 0 Å². The summed E-state index contributed by atoms with van der Waals surface area (Å²) in [5.41, 5.74) is -0.190. The SMILES string of the molecule is CC1(C)CCC(O)(CNC(=O)c2ccc(O)c(Cl)c2)CC1. The maximum atomic E-state index is 12.1.